The van der Waals surface area contributed by atoms with E-state index in [1.54, 1.807) is 10.9 Å². The van der Waals surface area contributed by atoms with Crippen LogP contribution in [0, 0.1) is 0 Å². The van der Waals surface area contributed by atoms with Gasteiger partial charge in [-0.15, -0.1) is 0 Å². The summed E-state index contributed by atoms with van der Waals surface area (Å²) in [5.74, 6) is -0.872. The van der Waals surface area contributed by atoms with E-state index < -0.39 is 5.97 Å². The number of carboxylic acid groups (broad SMARTS) is 1. The van der Waals surface area contributed by atoms with Crippen molar-refractivity contribution >= 4 is 5.97 Å². The fraction of sp³-hybridized carbons (Fsp3) is 0.556. The number of aryl methyl sites for hydroxylation is 1. The molecule has 1 aromatic heterocycles. The summed E-state index contributed by atoms with van der Waals surface area (Å²) >= 11 is 0. The maximum atomic E-state index is 11.6. The van der Waals surface area contributed by atoms with Crippen LogP contribution in [-0.4, -0.2) is 20.9 Å². The fourth-order valence-corrected chi connectivity index (χ4v) is 1.45. The van der Waals surface area contributed by atoms with Gasteiger partial charge in [-0.2, -0.15) is 0 Å². The van der Waals surface area contributed by atoms with E-state index in [0.29, 0.717) is 18.0 Å². The van der Waals surface area contributed by atoms with Crippen molar-refractivity contribution in [3.05, 3.63) is 22.1 Å². The van der Waals surface area contributed by atoms with Crippen molar-refractivity contribution < 1.29 is 9.90 Å². The normalized spacial score (nSPS) is 15.7. The lowest BCUT2D eigenvalue weighted by molar-refractivity contribution is -0.136. The van der Waals surface area contributed by atoms with Gasteiger partial charge in [0.2, 0.25) is 0 Å². The van der Waals surface area contributed by atoms with Gasteiger partial charge in [-0.1, -0.05) is 0 Å². The van der Waals surface area contributed by atoms with Gasteiger partial charge in [-0.05, 0) is 19.3 Å². The number of H-pyrrole nitrogens is 1. The molecule has 0 saturated heterocycles. The highest BCUT2D eigenvalue weighted by atomic mass is 16.4. The third-order valence-electron chi connectivity index (χ3n) is 2.39. The lowest BCUT2D eigenvalue weighted by Crippen LogP contribution is -2.18. The van der Waals surface area contributed by atoms with Gasteiger partial charge < -0.3 is 10.2 Å². The molecular weight excluding hydrogens is 184 g/mol. The molecule has 1 heterocycles. The Morgan fingerprint density at radius 1 is 1.64 bits per heavy atom. The molecule has 1 fully saturated rings. The van der Waals surface area contributed by atoms with E-state index in [9.17, 15) is 9.59 Å². The minimum absolute atomic E-state index is 0.0117. The highest BCUT2D eigenvalue weighted by molar-refractivity contribution is 5.67. The van der Waals surface area contributed by atoms with Crippen LogP contribution in [0.2, 0.25) is 0 Å². The molecule has 0 bridgehead atoms. The van der Waals surface area contributed by atoms with Gasteiger partial charge in [0.05, 0.1) is 6.04 Å². The second kappa shape index (κ2) is 3.32. The molecule has 1 aromatic rings. The molecule has 1 saturated carbocycles. The number of nitrogens with zero attached hydrogens (tertiary/aromatic N) is 1. The molecule has 5 nitrogen and oxygen atoms in total. The van der Waals surface area contributed by atoms with Gasteiger partial charge >= 0.3 is 5.97 Å². The molecule has 76 valence electrons. The average Bonchev–Trinajstić information content (AvgIpc) is 2.89. The summed E-state index contributed by atoms with van der Waals surface area (Å²) in [7, 11) is 0. The van der Waals surface area contributed by atoms with Crippen molar-refractivity contribution in [2.24, 2.45) is 0 Å². The molecule has 2 N–H and O–H groups in total. The van der Waals surface area contributed by atoms with Gasteiger partial charge in [0.1, 0.15) is 0 Å². The molecule has 0 aromatic carbocycles. The first-order chi connectivity index (χ1) is 6.68. The number of hydrogen-bond donors (Lipinski definition) is 2. The monoisotopic (exact) mass is 196 g/mol. The van der Waals surface area contributed by atoms with E-state index in [1.165, 1.54) is 0 Å². The molecule has 0 unspecified atom stereocenters. The van der Waals surface area contributed by atoms with Crippen LogP contribution in [-0.2, 0) is 11.2 Å². The van der Waals surface area contributed by atoms with Crippen molar-refractivity contribution in [3.8, 4) is 0 Å². The molecular formula is C9H12N2O3. The Morgan fingerprint density at radius 3 is 2.93 bits per heavy atom. The summed E-state index contributed by atoms with van der Waals surface area (Å²) in [6, 6.07) is 0.320. The molecule has 5 heteroatoms. The summed E-state index contributed by atoms with van der Waals surface area (Å²) in [6.45, 7) is 0. The lowest BCUT2D eigenvalue weighted by atomic mass is 10.2. The predicted octanol–water partition coefficient (Wildman–Crippen LogP) is 0.528. The maximum Gasteiger partial charge on any atom is 0.303 e. The van der Waals surface area contributed by atoms with E-state index in [4.69, 9.17) is 5.11 Å². The highest BCUT2D eigenvalue weighted by Gasteiger charge is 2.26. The third kappa shape index (κ3) is 1.71. The number of carboxylic acids is 1. The number of rotatable bonds is 4. The van der Waals surface area contributed by atoms with E-state index in [1.807, 2.05) is 0 Å². The van der Waals surface area contributed by atoms with Crippen molar-refractivity contribution in [1.82, 2.24) is 9.78 Å². The van der Waals surface area contributed by atoms with Crippen LogP contribution in [0.5, 0.6) is 0 Å². The Balaban J connectivity index is 2.10. The SMILES string of the molecule is O=C(O)CCc1c[nH]n(C2CC2)c1=O. The smallest absolute Gasteiger partial charge is 0.303 e. The van der Waals surface area contributed by atoms with Gasteiger partial charge in [0.15, 0.2) is 0 Å². The topological polar surface area (TPSA) is 75.1 Å². The van der Waals surface area contributed by atoms with Gasteiger partial charge in [0, 0.05) is 18.2 Å². The minimum atomic E-state index is -0.872. The summed E-state index contributed by atoms with van der Waals surface area (Å²) in [4.78, 5) is 21.9. The van der Waals surface area contributed by atoms with Crippen LogP contribution in [0.1, 0.15) is 30.9 Å². The second-order valence-electron chi connectivity index (χ2n) is 3.60. The van der Waals surface area contributed by atoms with E-state index in [0.717, 1.165) is 12.8 Å². The molecule has 0 spiro atoms. The Bertz CT molecular complexity index is 400. The Labute approximate surface area is 80.3 Å². The first kappa shape index (κ1) is 9.05. The number of nitrogens with one attached hydrogen (secondary N) is 1. The first-order valence-electron chi connectivity index (χ1n) is 4.69. The molecule has 2 rings (SSSR count). The van der Waals surface area contributed by atoms with Crippen LogP contribution < -0.4 is 5.56 Å². The van der Waals surface area contributed by atoms with Crippen molar-refractivity contribution in [1.29, 1.82) is 0 Å². The van der Waals surface area contributed by atoms with Crippen molar-refractivity contribution in [2.45, 2.75) is 31.7 Å². The predicted molar refractivity (Wildman–Crippen MR) is 49.3 cm³/mol. The van der Waals surface area contributed by atoms with Crippen LogP contribution >= 0.6 is 0 Å². The van der Waals surface area contributed by atoms with E-state index in [-0.39, 0.29) is 12.0 Å². The van der Waals surface area contributed by atoms with Gasteiger partial charge in [0.25, 0.3) is 5.56 Å². The van der Waals surface area contributed by atoms with Crippen LogP contribution in [0.25, 0.3) is 0 Å². The van der Waals surface area contributed by atoms with Crippen LogP contribution in [0.15, 0.2) is 11.0 Å². The number of carbonyl (C=O) groups is 1. The standard InChI is InChI=1S/C9H12N2O3/c12-8(13)4-1-6-5-10-11(9(6)14)7-2-3-7/h5,7,10H,1-4H2,(H,12,13). The number of aliphatic carboxylic acids is 1. The quantitative estimate of drug-likeness (QED) is 0.737. The maximum absolute atomic E-state index is 11.6. The Hall–Kier alpha value is -1.52. The first-order valence-corrected chi connectivity index (χ1v) is 4.69. The molecule has 1 aliphatic rings. The van der Waals surface area contributed by atoms with E-state index >= 15 is 0 Å². The average molecular weight is 196 g/mol. The fourth-order valence-electron chi connectivity index (χ4n) is 1.45. The molecule has 0 aliphatic heterocycles. The highest BCUT2D eigenvalue weighted by Crippen LogP contribution is 2.32. The van der Waals surface area contributed by atoms with Gasteiger partial charge in [-0.3, -0.25) is 9.59 Å². The van der Waals surface area contributed by atoms with Crippen LogP contribution in [0.3, 0.4) is 0 Å². The zero-order valence-electron chi connectivity index (χ0n) is 7.69. The summed E-state index contributed by atoms with van der Waals surface area (Å²) in [5, 5.41) is 11.3. The summed E-state index contributed by atoms with van der Waals surface area (Å²) in [6.07, 6.45) is 4.02. The largest absolute Gasteiger partial charge is 0.481 e. The number of aromatic nitrogens is 2. The number of aromatic amines is 1. The Kier molecular flexibility index (Phi) is 2.15. The van der Waals surface area contributed by atoms with Crippen molar-refractivity contribution in [2.75, 3.05) is 0 Å². The summed E-state index contributed by atoms with van der Waals surface area (Å²) in [5.41, 5.74) is 0.507. The zero-order chi connectivity index (χ0) is 10.1. The molecule has 0 atom stereocenters. The molecule has 1 aliphatic carbocycles. The molecule has 14 heavy (non-hydrogen) atoms. The van der Waals surface area contributed by atoms with Crippen LogP contribution in [0.4, 0.5) is 0 Å². The minimum Gasteiger partial charge on any atom is -0.481 e. The number of hydrogen-bond acceptors (Lipinski definition) is 2. The lowest BCUT2D eigenvalue weighted by Gasteiger charge is -1.94. The summed E-state index contributed by atoms with van der Waals surface area (Å²) < 4.78 is 1.59. The Morgan fingerprint density at radius 2 is 2.36 bits per heavy atom. The third-order valence-corrected chi connectivity index (χ3v) is 2.39. The van der Waals surface area contributed by atoms with Crippen molar-refractivity contribution in [3.63, 3.8) is 0 Å². The molecule has 0 radical (unpaired) electrons. The molecule has 0 amide bonds. The zero-order valence-corrected chi connectivity index (χ0v) is 7.69. The van der Waals surface area contributed by atoms with E-state index in [2.05, 4.69) is 5.10 Å². The second-order valence-corrected chi connectivity index (χ2v) is 3.60. The van der Waals surface area contributed by atoms with Gasteiger partial charge in [-0.25, -0.2) is 4.68 Å².